The quantitative estimate of drug-likeness (QED) is 0.0830. The average molecular weight is 601 g/mol. The molecule has 2 aromatic rings. The van der Waals surface area contributed by atoms with Crippen LogP contribution in [0.1, 0.15) is 126 Å². The second-order valence-electron chi connectivity index (χ2n) is 12.1. The summed E-state index contributed by atoms with van der Waals surface area (Å²) in [6.07, 6.45) is 21.1. The van der Waals surface area contributed by atoms with Crippen molar-refractivity contribution in [3.63, 3.8) is 0 Å². The van der Waals surface area contributed by atoms with Crippen LogP contribution in [0.5, 0.6) is 0 Å². The molecule has 0 amide bonds. The highest BCUT2D eigenvalue weighted by molar-refractivity contribution is 7.33. The molecule has 2 unspecified atom stereocenters. The molecule has 0 radical (unpaired) electrons. The molecule has 2 rings (SSSR count). The average Bonchev–Trinajstić information content (AvgIpc) is 2.98. The topological polar surface area (TPSA) is 87.6 Å². The van der Waals surface area contributed by atoms with E-state index in [1.54, 1.807) is 0 Å². The third-order valence-electron chi connectivity index (χ3n) is 8.10. The molecule has 0 saturated heterocycles. The molecule has 42 heavy (non-hydrogen) atoms. The van der Waals surface area contributed by atoms with Crippen LogP contribution in [0.4, 0.5) is 0 Å². The highest BCUT2D eigenvalue weighted by Crippen LogP contribution is 2.25. The van der Waals surface area contributed by atoms with Gasteiger partial charge in [-0.3, -0.25) is 4.57 Å². The minimum Gasteiger partial charge on any atom is -0.327 e. The van der Waals surface area contributed by atoms with Crippen LogP contribution >= 0.6 is 8.25 Å². The van der Waals surface area contributed by atoms with Gasteiger partial charge in [0, 0.05) is 12.1 Å². The van der Waals surface area contributed by atoms with Crippen LogP contribution in [0.3, 0.4) is 0 Å². The van der Waals surface area contributed by atoms with Gasteiger partial charge in [0.1, 0.15) is 0 Å². The Labute approximate surface area is 258 Å². The molecular formula is C36H61N2O3P. The van der Waals surface area contributed by atoms with Gasteiger partial charge in [0.05, 0.1) is 13.2 Å². The van der Waals surface area contributed by atoms with Crippen molar-refractivity contribution in [3.8, 4) is 0 Å². The summed E-state index contributed by atoms with van der Waals surface area (Å²) in [7, 11) is -2.53. The van der Waals surface area contributed by atoms with Gasteiger partial charge in [-0.05, 0) is 73.6 Å². The molecule has 238 valence electrons. The summed E-state index contributed by atoms with van der Waals surface area (Å²) in [6, 6.07) is 17.6. The van der Waals surface area contributed by atoms with E-state index in [0.29, 0.717) is 26.1 Å². The Kier molecular flexibility index (Phi) is 20.9. The number of rotatable bonds is 26. The molecule has 2 atom stereocenters. The third-order valence-corrected chi connectivity index (χ3v) is 8.98. The predicted octanol–water partition coefficient (Wildman–Crippen LogP) is 9.14. The summed E-state index contributed by atoms with van der Waals surface area (Å²) in [6.45, 7) is 5.19. The first-order valence-corrected chi connectivity index (χ1v) is 18.2. The first kappa shape index (κ1) is 36.7. The van der Waals surface area contributed by atoms with Gasteiger partial charge >= 0.3 is 8.25 Å². The fourth-order valence-electron chi connectivity index (χ4n) is 5.34. The Bertz CT molecular complexity index is 860. The van der Waals surface area contributed by atoms with E-state index in [4.69, 9.17) is 20.5 Å². The summed E-state index contributed by atoms with van der Waals surface area (Å²) in [5, 5.41) is 0. The first-order valence-electron chi connectivity index (χ1n) is 17.0. The van der Waals surface area contributed by atoms with Gasteiger partial charge < -0.3 is 20.5 Å². The molecule has 0 fully saturated rings. The van der Waals surface area contributed by atoms with Crippen molar-refractivity contribution in [1.29, 1.82) is 0 Å². The number of hydrogen-bond acceptors (Lipinski definition) is 5. The fraction of sp³-hybridized carbons (Fsp3) is 0.667. The monoisotopic (exact) mass is 600 g/mol. The smallest absolute Gasteiger partial charge is 0.319 e. The zero-order valence-corrected chi connectivity index (χ0v) is 27.8. The Morgan fingerprint density at radius 3 is 1.26 bits per heavy atom. The fourth-order valence-corrected chi connectivity index (χ4v) is 5.99. The van der Waals surface area contributed by atoms with E-state index in [2.05, 4.69) is 62.4 Å². The number of hydrogen-bond donors (Lipinski definition) is 2. The maximum atomic E-state index is 12.2. The van der Waals surface area contributed by atoms with Crippen LogP contribution in [-0.2, 0) is 39.3 Å². The van der Waals surface area contributed by atoms with E-state index < -0.39 is 8.25 Å². The molecule has 4 N–H and O–H groups in total. The molecule has 0 bridgehead atoms. The lowest BCUT2D eigenvalue weighted by Crippen LogP contribution is -2.24. The first-order chi connectivity index (χ1) is 20.5. The van der Waals surface area contributed by atoms with E-state index in [0.717, 1.165) is 25.7 Å². The molecule has 0 aliphatic carbocycles. The van der Waals surface area contributed by atoms with Crippen LogP contribution in [0.2, 0.25) is 0 Å². The Morgan fingerprint density at radius 2 is 0.881 bits per heavy atom. The van der Waals surface area contributed by atoms with E-state index in [9.17, 15) is 4.57 Å². The number of benzene rings is 2. The second-order valence-corrected chi connectivity index (χ2v) is 13.2. The lowest BCUT2D eigenvalue weighted by atomic mass is 10.0. The van der Waals surface area contributed by atoms with Crippen LogP contribution < -0.4 is 11.5 Å². The predicted molar refractivity (Wildman–Crippen MR) is 181 cm³/mol. The molecule has 0 aliphatic rings. The Balaban J connectivity index is 1.51. The zero-order chi connectivity index (χ0) is 30.3. The number of nitrogens with two attached hydrogens (primary N) is 2. The van der Waals surface area contributed by atoms with Crippen LogP contribution in [-0.4, -0.2) is 25.3 Å². The normalized spacial score (nSPS) is 13.7. The van der Waals surface area contributed by atoms with E-state index in [1.807, 2.05) is 0 Å². The Morgan fingerprint density at radius 1 is 0.548 bits per heavy atom. The molecule has 6 heteroatoms. The zero-order valence-electron chi connectivity index (χ0n) is 26.8. The van der Waals surface area contributed by atoms with E-state index >= 15 is 0 Å². The minimum atomic E-state index is -2.53. The molecule has 0 aromatic heterocycles. The van der Waals surface area contributed by atoms with Crippen molar-refractivity contribution >= 4 is 8.25 Å². The van der Waals surface area contributed by atoms with Crippen molar-refractivity contribution in [2.45, 2.75) is 142 Å². The summed E-state index contributed by atoms with van der Waals surface area (Å²) >= 11 is 0. The lowest BCUT2D eigenvalue weighted by molar-refractivity contribution is 0.214. The lowest BCUT2D eigenvalue weighted by Gasteiger charge is -2.14. The van der Waals surface area contributed by atoms with Crippen molar-refractivity contribution < 1.29 is 13.6 Å². The van der Waals surface area contributed by atoms with Crippen molar-refractivity contribution in [2.75, 3.05) is 13.2 Å². The SMILES string of the molecule is CCCCCCCCc1ccc(CC(N)CCO[PH](=O)OCCC(N)Cc2ccc(CCCCCCCC)cc2)cc1. The van der Waals surface area contributed by atoms with Crippen molar-refractivity contribution in [3.05, 3.63) is 70.8 Å². The summed E-state index contributed by atoms with van der Waals surface area (Å²) < 4.78 is 23.0. The van der Waals surface area contributed by atoms with Gasteiger partial charge in [0.25, 0.3) is 0 Å². The third kappa shape index (κ3) is 18.2. The van der Waals surface area contributed by atoms with E-state index in [1.165, 1.54) is 99.3 Å². The molecule has 5 nitrogen and oxygen atoms in total. The second kappa shape index (κ2) is 23.9. The molecule has 2 aromatic carbocycles. The summed E-state index contributed by atoms with van der Waals surface area (Å²) in [5.41, 5.74) is 17.9. The van der Waals surface area contributed by atoms with Gasteiger partial charge in [-0.25, -0.2) is 0 Å². The molecule has 0 heterocycles. The van der Waals surface area contributed by atoms with Gasteiger partial charge in [-0.15, -0.1) is 0 Å². The van der Waals surface area contributed by atoms with Crippen LogP contribution in [0.25, 0.3) is 0 Å². The van der Waals surface area contributed by atoms with Gasteiger partial charge in [0.2, 0.25) is 0 Å². The molecule has 0 saturated carbocycles. The molecular weight excluding hydrogens is 539 g/mol. The van der Waals surface area contributed by atoms with Crippen molar-refractivity contribution in [1.82, 2.24) is 0 Å². The van der Waals surface area contributed by atoms with Crippen molar-refractivity contribution in [2.24, 2.45) is 11.5 Å². The highest BCUT2D eigenvalue weighted by Gasteiger charge is 2.09. The number of aryl methyl sites for hydroxylation is 2. The standard InChI is InChI=1S/C36H61N2O3P/c1-3-5-7-9-11-13-15-31-17-21-33(22-18-31)29-35(37)25-27-40-42(39)41-28-26-36(38)30-34-23-19-32(20-24-34)16-14-12-10-8-6-4-2/h17-24,35-36,42H,3-16,25-30,37-38H2,1-2H3. The Hall–Kier alpha value is -1.49. The number of unbranched alkanes of at least 4 members (excludes halogenated alkanes) is 10. The maximum Gasteiger partial charge on any atom is 0.319 e. The van der Waals surface area contributed by atoms with Gasteiger partial charge in [0.15, 0.2) is 0 Å². The van der Waals surface area contributed by atoms with Gasteiger partial charge in [-0.1, -0.05) is 127 Å². The van der Waals surface area contributed by atoms with Gasteiger partial charge in [-0.2, -0.15) is 0 Å². The summed E-state index contributed by atoms with van der Waals surface area (Å²) in [4.78, 5) is 0. The van der Waals surface area contributed by atoms with Crippen LogP contribution in [0, 0.1) is 0 Å². The van der Waals surface area contributed by atoms with E-state index in [-0.39, 0.29) is 12.1 Å². The van der Waals surface area contributed by atoms with Crippen LogP contribution in [0.15, 0.2) is 48.5 Å². The minimum absolute atomic E-state index is 0.0326. The highest BCUT2D eigenvalue weighted by atomic mass is 31.1. The largest absolute Gasteiger partial charge is 0.327 e. The maximum absolute atomic E-state index is 12.2. The molecule has 0 aliphatic heterocycles. The molecule has 0 spiro atoms. The summed E-state index contributed by atoms with van der Waals surface area (Å²) in [5.74, 6) is 0.